The highest BCUT2D eigenvalue weighted by atomic mass is 32.2. The summed E-state index contributed by atoms with van der Waals surface area (Å²) in [4.78, 5) is 4.37. The lowest BCUT2D eigenvalue weighted by Gasteiger charge is -1.88. The third kappa shape index (κ3) is 1.81. The molecule has 0 aliphatic heterocycles. The molecule has 2 aromatic rings. The first-order valence-corrected chi connectivity index (χ1v) is 5.75. The summed E-state index contributed by atoms with van der Waals surface area (Å²) in [6, 6.07) is 7.72. The lowest BCUT2D eigenvalue weighted by atomic mass is 10.3. The average Bonchev–Trinajstić information content (AvgIpc) is 2.56. The number of nitriles is 1. The molecule has 2 rings (SSSR count). The van der Waals surface area contributed by atoms with Crippen LogP contribution in [0.4, 0.5) is 5.69 Å². The third-order valence-electron chi connectivity index (χ3n) is 1.65. The molecule has 0 aliphatic carbocycles. The van der Waals surface area contributed by atoms with Gasteiger partial charge in [-0.1, -0.05) is 11.8 Å². The van der Waals surface area contributed by atoms with Gasteiger partial charge < -0.3 is 5.73 Å². The summed E-state index contributed by atoms with van der Waals surface area (Å²) in [5.74, 6) is 0.440. The van der Waals surface area contributed by atoms with Crippen LogP contribution in [0.2, 0.25) is 0 Å². The van der Waals surface area contributed by atoms with Crippen LogP contribution in [0.1, 0.15) is 0 Å². The highest BCUT2D eigenvalue weighted by Gasteiger charge is 2.03. The van der Waals surface area contributed by atoms with Gasteiger partial charge in [0.15, 0.2) is 4.34 Å². The maximum Gasteiger partial charge on any atom is 0.152 e. The topological polar surface area (TPSA) is 62.7 Å². The number of rotatable bonds is 2. The van der Waals surface area contributed by atoms with Crippen molar-refractivity contribution in [3.8, 4) is 6.07 Å². The van der Waals surface area contributed by atoms with Crippen LogP contribution in [0, 0.1) is 11.3 Å². The van der Waals surface area contributed by atoms with Crippen molar-refractivity contribution in [1.29, 1.82) is 5.26 Å². The molecule has 0 saturated carbocycles. The predicted molar refractivity (Wildman–Crippen MR) is 60.4 cm³/mol. The van der Waals surface area contributed by atoms with Gasteiger partial charge in [0.05, 0.1) is 22.0 Å². The Kier molecular flexibility index (Phi) is 2.57. The smallest absolute Gasteiger partial charge is 0.152 e. The number of anilines is 1. The van der Waals surface area contributed by atoms with Crippen molar-refractivity contribution in [3.63, 3.8) is 0 Å². The van der Waals surface area contributed by atoms with E-state index in [1.54, 1.807) is 11.3 Å². The second-order valence-electron chi connectivity index (χ2n) is 2.65. The van der Waals surface area contributed by atoms with Crippen LogP contribution in [-0.4, -0.2) is 10.7 Å². The molecule has 14 heavy (non-hydrogen) atoms. The Morgan fingerprint density at radius 3 is 3.21 bits per heavy atom. The van der Waals surface area contributed by atoms with Gasteiger partial charge in [-0.05, 0) is 18.2 Å². The predicted octanol–water partition coefficient (Wildman–Crippen LogP) is 2.49. The van der Waals surface area contributed by atoms with Gasteiger partial charge in [0.2, 0.25) is 0 Å². The maximum absolute atomic E-state index is 8.43. The monoisotopic (exact) mass is 221 g/mol. The van der Waals surface area contributed by atoms with E-state index in [0.29, 0.717) is 5.75 Å². The molecular formula is C9H7N3S2. The molecule has 0 spiro atoms. The number of fused-ring (bicyclic) bond motifs is 1. The molecule has 3 nitrogen and oxygen atoms in total. The van der Waals surface area contributed by atoms with Gasteiger partial charge in [-0.15, -0.1) is 11.3 Å². The summed E-state index contributed by atoms with van der Waals surface area (Å²) < 4.78 is 2.00. The van der Waals surface area contributed by atoms with Crippen LogP contribution < -0.4 is 5.73 Å². The van der Waals surface area contributed by atoms with Crippen LogP contribution in [0.5, 0.6) is 0 Å². The molecule has 0 amide bonds. The number of nitrogens with two attached hydrogens (primary N) is 1. The summed E-state index contributed by atoms with van der Waals surface area (Å²) in [6.45, 7) is 0. The van der Waals surface area contributed by atoms with Crippen LogP contribution >= 0.6 is 23.1 Å². The van der Waals surface area contributed by atoms with Crippen molar-refractivity contribution in [3.05, 3.63) is 18.2 Å². The van der Waals surface area contributed by atoms with Crippen molar-refractivity contribution >= 4 is 39.0 Å². The SMILES string of the molecule is N#CCSc1nc2ccc(N)cc2s1. The lowest BCUT2D eigenvalue weighted by molar-refractivity contribution is 1.30. The Labute approximate surface area is 89.6 Å². The second kappa shape index (κ2) is 3.86. The summed E-state index contributed by atoms with van der Waals surface area (Å²) >= 11 is 3.03. The molecule has 1 aromatic heterocycles. The fraction of sp³-hybridized carbons (Fsp3) is 0.111. The number of nitrogens with zero attached hydrogens (tertiary/aromatic N) is 2. The van der Waals surface area contributed by atoms with Crippen molar-refractivity contribution in [1.82, 2.24) is 4.98 Å². The van der Waals surface area contributed by atoms with E-state index >= 15 is 0 Å². The minimum Gasteiger partial charge on any atom is -0.399 e. The molecular weight excluding hydrogens is 214 g/mol. The molecule has 0 aliphatic rings. The fourth-order valence-corrected chi connectivity index (χ4v) is 2.85. The van der Waals surface area contributed by atoms with Crippen molar-refractivity contribution in [2.45, 2.75) is 4.34 Å². The first-order chi connectivity index (χ1) is 6.79. The first-order valence-electron chi connectivity index (χ1n) is 3.95. The van der Waals surface area contributed by atoms with E-state index in [1.807, 2.05) is 18.2 Å². The van der Waals surface area contributed by atoms with Gasteiger partial charge in [0, 0.05) is 5.69 Å². The zero-order valence-corrected chi connectivity index (χ0v) is 8.86. The van der Waals surface area contributed by atoms with E-state index in [0.717, 1.165) is 20.2 Å². The van der Waals surface area contributed by atoms with Gasteiger partial charge in [-0.2, -0.15) is 5.26 Å². The van der Waals surface area contributed by atoms with Gasteiger partial charge in [-0.25, -0.2) is 4.98 Å². The average molecular weight is 221 g/mol. The summed E-state index contributed by atoms with van der Waals surface area (Å²) in [6.07, 6.45) is 0. The molecule has 70 valence electrons. The number of thiazole rings is 1. The summed E-state index contributed by atoms with van der Waals surface area (Å²) in [5.41, 5.74) is 7.35. The number of thioether (sulfide) groups is 1. The summed E-state index contributed by atoms with van der Waals surface area (Å²) in [7, 11) is 0. The van der Waals surface area contributed by atoms with Gasteiger partial charge >= 0.3 is 0 Å². The zero-order chi connectivity index (χ0) is 9.97. The maximum atomic E-state index is 8.43. The third-order valence-corrected chi connectivity index (χ3v) is 3.68. The molecule has 0 radical (unpaired) electrons. The van der Waals surface area contributed by atoms with Crippen molar-refractivity contribution in [2.24, 2.45) is 0 Å². The molecule has 1 aromatic carbocycles. The molecule has 0 saturated heterocycles. The number of hydrogen-bond donors (Lipinski definition) is 1. The minimum atomic E-state index is 0.440. The zero-order valence-electron chi connectivity index (χ0n) is 7.23. The van der Waals surface area contributed by atoms with E-state index in [2.05, 4.69) is 11.1 Å². The molecule has 0 atom stereocenters. The van der Waals surface area contributed by atoms with E-state index in [-0.39, 0.29) is 0 Å². The largest absolute Gasteiger partial charge is 0.399 e. The van der Waals surface area contributed by atoms with Crippen LogP contribution in [0.25, 0.3) is 10.2 Å². The number of aromatic nitrogens is 1. The van der Waals surface area contributed by atoms with Gasteiger partial charge in [0.1, 0.15) is 0 Å². The minimum absolute atomic E-state index is 0.440. The molecule has 0 unspecified atom stereocenters. The van der Waals surface area contributed by atoms with E-state index in [1.165, 1.54) is 11.8 Å². The molecule has 5 heteroatoms. The van der Waals surface area contributed by atoms with Crippen molar-refractivity contribution in [2.75, 3.05) is 11.5 Å². The Bertz CT molecular complexity index is 498. The number of benzene rings is 1. The quantitative estimate of drug-likeness (QED) is 0.625. The Hall–Kier alpha value is -1.25. The van der Waals surface area contributed by atoms with E-state index in [9.17, 15) is 0 Å². The fourth-order valence-electron chi connectivity index (χ4n) is 1.08. The second-order valence-corrected chi connectivity index (χ2v) is 4.91. The van der Waals surface area contributed by atoms with Crippen LogP contribution in [0.3, 0.4) is 0 Å². The molecule has 1 heterocycles. The number of hydrogen-bond acceptors (Lipinski definition) is 5. The highest BCUT2D eigenvalue weighted by molar-refractivity contribution is 8.01. The normalized spacial score (nSPS) is 10.2. The molecule has 2 N–H and O–H groups in total. The standard InChI is InChI=1S/C9H7N3S2/c10-3-4-13-9-12-7-2-1-6(11)5-8(7)14-9/h1-2,5H,4,11H2. The highest BCUT2D eigenvalue weighted by Crippen LogP contribution is 2.30. The molecule has 0 bridgehead atoms. The van der Waals surface area contributed by atoms with E-state index in [4.69, 9.17) is 11.0 Å². The lowest BCUT2D eigenvalue weighted by Crippen LogP contribution is -1.81. The Morgan fingerprint density at radius 1 is 1.57 bits per heavy atom. The van der Waals surface area contributed by atoms with Crippen LogP contribution in [0.15, 0.2) is 22.5 Å². The van der Waals surface area contributed by atoms with Gasteiger partial charge in [-0.3, -0.25) is 0 Å². The van der Waals surface area contributed by atoms with Crippen molar-refractivity contribution < 1.29 is 0 Å². The Morgan fingerprint density at radius 2 is 2.43 bits per heavy atom. The van der Waals surface area contributed by atoms with E-state index < -0.39 is 0 Å². The molecule has 0 fully saturated rings. The Balaban J connectivity index is 2.37. The van der Waals surface area contributed by atoms with Crippen LogP contribution in [-0.2, 0) is 0 Å². The first kappa shape index (κ1) is 9.31. The summed E-state index contributed by atoms with van der Waals surface area (Å²) in [5, 5.41) is 8.43. The number of nitrogen functional groups attached to an aromatic ring is 1. The van der Waals surface area contributed by atoms with Gasteiger partial charge in [0.25, 0.3) is 0 Å².